The largest absolute Gasteiger partial charge is 0.242 e. The van der Waals surface area contributed by atoms with E-state index in [1.54, 1.807) is 52.8 Å². The van der Waals surface area contributed by atoms with Gasteiger partial charge >= 0.3 is 0 Å². The molecule has 1 aromatic rings. The van der Waals surface area contributed by atoms with Crippen molar-refractivity contribution in [3.05, 3.63) is 30.3 Å². The van der Waals surface area contributed by atoms with Crippen LogP contribution in [0.25, 0.3) is 0 Å². The van der Waals surface area contributed by atoms with Crippen LogP contribution in [0.2, 0.25) is 0 Å². The van der Waals surface area contributed by atoms with Crippen molar-refractivity contribution in [3.8, 4) is 0 Å². The molecule has 0 saturated carbocycles. The lowest BCUT2D eigenvalue weighted by molar-refractivity contribution is 0.199. The fraction of sp³-hybridized carbons (Fsp3) is 0.625. The van der Waals surface area contributed by atoms with Crippen LogP contribution in [0.3, 0.4) is 0 Å². The number of hydrogen-bond acceptors (Lipinski definition) is 3. The molecule has 1 unspecified atom stereocenters. The minimum Gasteiger partial charge on any atom is -0.242 e. The quantitative estimate of drug-likeness (QED) is 0.844. The van der Waals surface area contributed by atoms with Crippen LogP contribution in [0.4, 0.5) is 4.39 Å². The first-order valence-electron chi connectivity index (χ1n) is 7.46. The third-order valence-electron chi connectivity index (χ3n) is 3.88. The molecule has 1 rings (SSSR count). The maximum Gasteiger partial charge on any atom is 0.224 e. The summed E-state index contributed by atoms with van der Waals surface area (Å²) in [5.41, 5.74) is -3.70. The minimum atomic E-state index is -4.20. The molecule has 0 heterocycles. The smallest absolute Gasteiger partial charge is 0.224 e. The fourth-order valence-electron chi connectivity index (χ4n) is 1.83. The first-order valence-corrected chi connectivity index (χ1v) is 10.2. The third kappa shape index (κ3) is 4.39. The lowest BCUT2D eigenvalue weighted by atomic mass is 9.91. The van der Waals surface area contributed by atoms with Crippen molar-refractivity contribution in [1.29, 1.82) is 0 Å². The molecule has 0 fully saturated rings. The molecule has 0 amide bonds. The average molecular weight is 364 g/mol. The normalized spacial score (nSPS) is 18.4. The molecule has 4 nitrogen and oxygen atoms in total. The van der Waals surface area contributed by atoms with Gasteiger partial charge in [-0.2, -0.15) is 0 Å². The van der Waals surface area contributed by atoms with Gasteiger partial charge in [0.05, 0.1) is 26.2 Å². The highest BCUT2D eigenvalue weighted by Gasteiger charge is 2.48. The first-order chi connectivity index (χ1) is 10.3. The lowest BCUT2D eigenvalue weighted by Gasteiger charge is -2.38. The highest BCUT2D eigenvalue weighted by atomic mass is 32.2. The maximum absolute atomic E-state index is 15.1. The topological polar surface area (TPSA) is 63.2 Å². The number of halogens is 1. The third-order valence-corrected chi connectivity index (χ3v) is 7.59. The van der Waals surface area contributed by atoms with Crippen molar-refractivity contribution in [2.24, 2.45) is 5.92 Å². The second-order valence-corrected chi connectivity index (χ2v) is 11.0. The molecule has 0 aliphatic carbocycles. The second kappa shape index (κ2) is 6.99. The number of rotatable bonds is 6. The first kappa shape index (κ1) is 20.3. The van der Waals surface area contributed by atoms with E-state index in [-0.39, 0.29) is 10.8 Å². The molecule has 0 bridgehead atoms. The van der Waals surface area contributed by atoms with Gasteiger partial charge in [-0.3, -0.25) is 0 Å². The predicted octanol–water partition coefficient (Wildman–Crippen LogP) is 3.22. The number of alkyl halides is 1. The Hall–Kier alpha value is -0.790. The van der Waals surface area contributed by atoms with Gasteiger partial charge in [0.1, 0.15) is 0 Å². The van der Waals surface area contributed by atoms with Crippen LogP contribution < -0.4 is 4.72 Å². The zero-order valence-corrected chi connectivity index (χ0v) is 16.1. The van der Waals surface area contributed by atoms with Crippen molar-refractivity contribution in [2.75, 3.05) is 0 Å². The molecule has 0 spiro atoms. The standard InChI is InChI=1S/C16H26FNO3S2/c1-12(2)16(6,18-22(19)15(3,4)5)14(17)23(20,21)13-10-8-7-9-11-13/h7-12,14,18H,1-6H3/t14-,16+,22?/m0/s1. The molecule has 132 valence electrons. The zero-order valence-electron chi connectivity index (χ0n) is 14.5. The van der Waals surface area contributed by atoms with Crippen LogP contribution in [0.5, 0.6) is 0 Å². The molecule has 7 heteroatoms. The molecule has 1 N–H and O–H groups in total. The molecule has 0 saturated heterocycles. The van der Waals surface area contributed by atoms with E-state index in [9.17, 15) is 12.6 Å². The van der Waals surface area contributed by atoms with Crippen LogP contribution in [0.15, 0.2) is 35.2 Å². The van der Waals surface area contributed by atoms with Crippen molar-refractivity contribution < 1.29 is 17.0 Å². The van der Waals surface area contributed by atoms with Gasteiger partial charge in [0.2, 0.25) is 15.3 Å². The second-order valence-electron chi connectivity index (χ2n) is 7.09. The van der Waals surface area contributed by atoms with Gasteiger partial charge in [-0.1, -0.05) is 32.0 Å². The van der Waals surface area contributed by atoms with E-state index in [4.69, 9.17) is 0 Å². The van der Waals surface area contributed by atoms with Crippen LogP contribution in [-0.2, 0) is 20.8 Å². The Labute approximate surface area is 141 Å². The van der Waals surface area contributed by atoms with Crippen molar-refractivity contribution in [3.63, 3.8) is 0 Å². The summed E-state index contributed by atoms with van der Waals surface area (Å²) in [5, 5.41) is 0. The van der Waals surface area contributed by atoms with E-state index >= 15 is 4.39 Å². The summed E-state index contributed by atoms with van der Waals surface area (Å²) in [7, 11) is -5.79. The molecule has 0 radical (unpaired) electrons. The number of sulfone groups is 1. The van der Waals surface area contributed by atoms with Gasteiger partial charge < -0.3 is 0 Å². The van der Waals surface area contributed by atoms with Crippen LogP contribution in [0.1, 0.15) is 41.5 Å². The van der Waals surface area contributed by atoms with Crippen molar-refractivity contribution in [2.45, 2.75) is 62.2 Å². The molecular weight excluding hydrogens is 337 g/mol. The van der Waals surface area contributed by atoms with Crippen LogP contribution >= 0.6 is 0 Å². The summed E-state index contributed by atoms with van der Waals surface area (Å²) in [6, 6.07) is 7.49. The monoisotopic (exact) mass is 363 g/mol. The summed E-state index contributed by atoms with van der Waals surface area (Å²) >= 11 is 0. The summed E-state index contributed by atoms with van der Waals surface area (Å²) in [5.74, 6) is -0.387. The zero-order chi connectivity index (χ0) is 18.1. The van der Waals surface area contributed by atoms with Crippen molar-refractivity contribution >= 4 is 20.8 Å². The molecule has 3 atom stereocenters. The van der Waals surface area contributed by atoms with Crippen LogP contribution in [-0.4, -0.2) is 28.4 Å². The fourth-order valence-corrected chi connectivity index (χ4v) is 4.70. The van der Waals surface area contributed by atoms with Gasteiger partial charge in [0, 0.05) is 0 Å². The van der Waals surface area contributed by atoms with Crippen molar-refractivity contribution in [1.82, 2.24) is 4.72 Å². The Morgan fingerprint density at radius 3 is 1.96 bits per heavy atom. The number of benzene rings is 1. The SMILES string of the molecule is CC(C)[C@@](C)(NS(=O)C(C)(C)C)[C@@H](F)S(=O)(=O)c1ccccc1. The summed E-state index contributed by atoms with van der Waals surface area (Å²) in [4.78, 5) is -0.0808. The van der Waals surface area contributed by atoms with E-state index in [1.807, 2.05) is 0 Å². The van der Waals surface area contributed by atoms with Gasteiger partial charge in [0.15, 0.2) is 0 Å². The highest BCUT2D eigenvalue weighted by Crippen LogP contribution is 2.32. The van der Waals surface area contributed by atoms with E-state index in [0.717, 1.165) is 0 Å². The lowest BCUT2D eigenvalue weighted by Crippen LogP contribution is -2.59. The summed E-state index contributed by atoms with van der Waals surface area (Å²) in [6.07, 6.45) is 0. The van der Waals surface area contributed by atoms with E-state index in [1.165, 1.54) is 19.1 Å². The Bertz CT molecular complexity index is 654. The van der Waals surface area contributed by atoms with Gasteiger partial charge in [-0.05, 0) is 45.7 Å². The Balaban J connectivity index is 3.27. The van der Waals surface area contributed by atoms with E-state index < -0.39 is 36.6 Å². The maximum atomic E-state index is 15.1. The molecular formula is C16H26FNO3S2. The molecule has 0 aliphatic rings. The minimum absolute atomic E-state index is 0.0808. The molecule has 0 aromatic heterocycles. The average Bonchev–Trinajstić information content (AvgIpc) is 2.45. The number of nitrogens with one attached hydrogen (secondary N) is 1. The van der Waals surface area contributed by atoms with Crippen LogP contribution in [0, 0.1) is 5.92 Å². The predicted molar refractivity (Wildman–Crippen MR) is 92.8 cm³/mol. The Morgan fingerprint density at radius 1 is 1.09 bits per heavy atom. The molecule has 0 aliphatic heterocycles. The molecule has 23 heavy (non-hydrogen) atoms. The van der Waals surface area contributed by atoms with E-state index in [0.29, 0.717) is 0 Å². The Kier molecular flexibility index (Phi) is 6.15. The van der Waals surface area contributed by atoms with Gasteiger partial charge in [-0.15, -0.1) is 0 Å². The Morgan fingerprint density at radius 2 is 1.57 bits per heavy atom. The highest BCUT2D eigenvalue weighted by molar-refractivity contribution is 7.92. The van der Waals surface area contributed by atoms with E-state index in [2.05, 4.69) is 4.72 Å². The summed E-state index contributed by atoms with van der Waals surface area (Å²) in [6.45, 7) is 10.1. The number of hydrogen-bond donors (Lipinski definition) is 1. The van der Waals surface area contributed by atoms with Gasteiger partial charge in [0.25, 0.3) is 0 Å². The van der Waals surface area contributed by atoms with Gasteiger partial charge in [-0.25, -0.2) is 21.7 Å². The summed E-state index contributed by atoms with van der Waals surface area (Å²) < 4.78 is 54.8. The molecule has 1 aromatic carbocycles.